The van der Waals surface area contributed by atoms with Crippen LogP contribution in [0.1, 0.15) is 36.6 Å². The fraction of sp³-hybridized carbons (Fsp3) is 0.444. The second kappa shape index (κ2) is 7.25. The van der Waals surface area contributed by atoms with E-state index in [1.165, 1.54) is 17.5 Å². The Hall–Kier alpha value is -2.10. The maximum absolute atomic E-state index is 4.67. The number of hydrogen-bond donors (Lipinski definition) is 1. The number of nitrogens with one attached hydrogen (secondary N) is 1. The number of benzene rings is 1. The minimum absolute atomic E-state index is 0.780. The molecule has 1 aromatic heterocycles. The van der Waals surface area contributed by atoms with Crippen molar-refractivity contribution in [1.82, 2.24) is 9.97 Å². The third kappa shape index (κ3) is 3.97. The molecule has 0 atom stereocenters. The molecule has 1 aromatic carbocycles. The zero-order chi connectivity index (χ0) is 16.1. The predicted octanol–water partition coefficient (Wildman–Crippen LogP) is 4.38. The Morgan fingerprint density at radius 3 is 2.41 bits per heavy atom. The van der Waals surface area contributed by atoms with Crippen LogP contribution >= 0.6 is 0 Å². The van der Waals surface area contributed by atoms with Crippen LogP contribution in [0.2, 0.25) is 0 Å². The Morgan fingerprint density at radius 1 is 1.09 bits per heavy atom. The van der Waals surface area contributed by atoms with Gasteiger partial charge in [0.1, 0.15) is 5.82 Å². The molecule has 0 aliphatic carbocycles. The minimum atomic E-state index is 0.780. The van der Waals surface area contributed by atoms with Crippen LogP contribution in [0, 0.1) is 20.8 Å². The molecule has 0 saturated heterocycles. The molecule has 4 nitrogen and oxygen atoms in total. The molecule has 118 valence electrons. The maximum atomic E-state index is 4.67. The summed E-state index contributed by atoms with van der Waals surface area (Å²) < 4.78 is 0. The third-order valence-electron chi connectivity index (χ3n) is 3.77. The molecule has 22 heavy (non-hydrogen) atoms. The van der Waals surface area contributed by atoms with Gasteiger partial charge in [0, 0.05) is 31.0 Å². The molecule has 0 spiro atoms. The smallest absolute Gasteiger partial charge is 0.227 e. The summed E-state index contributed by atoms with van der Waals surface area (Å²) in [4.78, 5) is 11.3. The molecule has 0 unspecified atom stereocenters. The van der Waals surface area contributed by atoms with E-state index in [4.69, 9.17) is 0 Å². The van der Waals surface area contributed by atoms with Crippen LogP contribution in [0.25, 0.3) is 0 Å². The highest BCUT2D eigenvalue weighted by Crippen LogP contribution is 2.24. The lowest BCUT2D eigenvalue weighted by molar-refractivity contribution is 0.749. The summed E-state index contributed by atoms with van der Waals surface area (Å²) in [5.41, 5.74) is 4.54. The lowest BCUT2D eigenvalue weighted by Gasteiger charge is -2.19. The van der Waals surface area contributed by atoms with Gasteiger partial charge < -0.3 is 10.2 Å². The number of unbranched alkanes of at least 4 members (excludes halogenated alkanes) is 1. The Labute approximate surface area is 133 Å². The van der Waals surface area contributed by atoms with E-state index in [0.29, 0.717) is 0 Å². The number of hydrogen-bond acceptors (Lipinski definition) is 4. The second-order valence-corrected chi connectivity index (χ2v) is 5.86. The lowest BCUT2D eigenvalue weighted by Crippen LogP contribution is -2.21. The Morgan fingerprint density at radius 2 is 1.77 bits per heavy atom. The van der Waals surface area contributed by atoms with E-state index in [9.17, 15) is 0 Å². The molecule has 4 heteroatoms. The molecular formula is C18H26N4. The van der Waals surface area contributed by atoms with E-state index in [1.54, 1.807) is 0 Å². The van der Waals surface area contributed by atoms with Gasteiger partial charge in [0.15, 0.2) is 0 Å². The highest BCUT2D eigenvalue weighted by molar-refractivity contribution is 5.65. The maximum Gasteiger partial charge on any atom is 0.227 e. The first-order valence-corrected chi connectivity index (χ1v) is 7.91. The molecular weight excluding hydrogens is 272 g/mol. The average Bonchev–Trinajstić information content (AvgIpc) is 2.48. The number of rotatable bonds is 6. The van der Waals surface area contributed by atoms with E-state index in [0.717, 1.165) is 36.1 Å². The molecule has 0 saturated carbocycles. The van der Waals surface area contributed by atoms with Gasteiger partial charge in [-0.3, -0.25) is 0 Å². The molecule has 0 aliphatic heterocycles. The first kappa shape index (κ1) is 16.3. The van der Waals surface area contributed by atoms with Crippen LogP contribution in [0.5, 0.6) is 0 Å². The van der Waals surface area contributed by atoms with E-state index in [2.05, 4.69) is 59.2 Å². The van der Waals surface area contributed by atoms with Crippen LogP contribution in [0.15, 0.2) is 24.3 Å². The van der Waals surface area contributed by atoms with Crippen LogP contribution in [-0.4, -0.2) is 23.6 Å². The van der Waals surface area contributed by atoms with Crippen molar-refractivity contribution < 1.29 is 0 Å². The standard InChI is InChI=1S/C18H26N4/c1-6-7-11-22(5)18-19-15(4)12-16(21-18)20-17-13(2)9-8-10-14(17)3/h8-10,12H,6-7,11H2,1-5H3,(H,19,20,21). The summed E-state index contributed by atoms with van der Waals surface area (Å²) in [7, 11) is 2.05. The first-order valence-electron chi connectivity index (χ1n) is 7.91. The summed E-state index contributed by atoms with van der Waals surface area (Å²) in [6.45, 7) is 9.39. The van der Waals surface area contributed by atoms with E-state index >= 15 is 0 Å². The van der Waals surface area contributed by atoms with Crippen molar-refractivity contribution in [2.24, 2.45) is 0 Å². The van der Waals surface area contributed by atoms with Crippen molar-refractivity contribution in [3.05, 3.63) is 41.1 Å². The molecule has 0 bridgehead atoms. The van der Waals surface area contributed by atoms with Gasteiger partial charge in [-0.15, -0.1) is 0 Å². The van der Waals surface area contributed by atoms with E-state index in [-0.39, 0.29) is 0 Å². The highest BCUT2D eigenvalue weighted by atomic mass is 15.2. The zero-order valence-electron chi connectivity index (χ0n) is 14.3. The van der Waals surface area contributed by atoms with Crippen molar-refractivity contribution in [2.45, 2.75) is 40.5 Å². The van der Waals surface area contributed by atoms with Crippen LogP contribution < -0.4 is 10.2 Å². The summed E-state index contributed by atoms with van der Waals surface area (Å²) in [6, 6.07) is 8.28. The summed E-state index contributed by atoms with van der Waals surface area (Å²) in [6.07, 6.45) is 2.32. The van der Waals surface area contributed by atoms with E-state index < -0.39 is 0 Å². The lowest BCUT2D eigenvalue weighted by atomic mass is 10.1. The quantitative estimate of drug-likeness (QED) is 0.859. The van der Waals surface area contributed by atoms with Crippen molar-refractivity contribution in [3.63, 3.8) is 0 Å². The molecule has 0 radical (unpaired) electrons. The molecule has 1 N–H and O–H groups in total. The third-order valence-corrected chi connectivity index (χ3v) is 3.77. The molecule has 0 fully saturated rings. The van der Waals surface area contributed by atoms with Gasteiger partial charge >= 0.3 is 0 Å². The van der Waals surface area contributed by atoms with Gasteiger partial charge in [0.25, 0.3) is 0 Å². The Kier molecular flexibility index (Phi) is 5.36. The second-order valence-electron chi connectivity index (χ2n) is 5.86. The van der Waals surface area contributed by atoms with Crippen molar-refractivity contribution in [2.75, 3.05) is 23.8 Å². The SMILES string of the molecule is CCCCN(C)c1nc(C)cc(Nc2c(C)cccc2C)n1. The molecule has 2 rings (SSSR count). The molecule has 1 heterocycles. The number of para-hydroxylation sites is 1. The Bertz CT molecular complexity index is 617. The van der Waals surface area contributed by atoms with Gasteiger partial charge in [-0.25, -0.2) is 4.98 Å². The topological polar surface area (TPSA) is 41.1 Å². The highest BCUT2D eigenvalue weighted by Gasteiger charge is 2.09. The first-order chi connectivity index (χ1) is 10.5. The average molecular weight is 298 g/mol. The Balaban J connectivity index is 2.26. The van der Waals surface area contributed by atoms with Gasteiger partial charge in [-0.1, -0.05) is 31.5 Å². The van der Waals surface area contributed by atoms with Crippen LogP contribution in [-0.2, 0) is 0 Å². The summed E-state index contributed by atoms with van der Waals surface area (Å²) in [5.74, 6) is 1.63. The fourth-order valence-corrected chi connectivity index (χ4v) is 2.42. The molecule has 2 aromatic rings. The van der Waals surface area contributed by atoms with E-state index in [1.807, 2.05) is 20.0 Å². The number of anilines is 3. The number of aryl methyl sites for hydroxylation is 3. The minimum Gasteiger partial charge on any atom is -0.344 e. The normalized spacial score (nSPS) is 10.6. The van der Waals surface area contributed by atoms with Crippen molar-refractivity contribution in [1.29, 1.82) is 0 Å². The van der Waals surface area contributed by atoms with Gasteiger partial charge in [-0.2, -0.15) is 4.98 Å². The van der Waals surface area contributed by atoms with Gasteiger partial charge in [0.05, 0.1) is 0 Å². The van der Waals surface area contributed by atoms with Gasteiger partial charge in [-0.05, 0) is 38.3 Å². The largest absolute Gasteiger partial charge is 0.344 e. The number of aromatic nitrogens is 2. The zero-order valence-corrected chi connectivity index (χ0v) is 14.3. The predicted molar refractivity (Wildman–Crippen MR) is 94.1 cm³/mol. The van der Waals surface area contributed by atoms with Crippen LogP contribution in [0.3, 0.4) is 0 Å². The van der Waals surface area contributed by atoms with Gasteiger partial charge in [0.2, 0.25) is 5.95 Å². The monoisotopic (exact) mass is 298 g/mol. The van der Waals surface area contributed by atoms with Crippen molar-refractivity contribution >= 4 is 17.5 Å². The summed E-state index contributed by atoms with van der Waals surface area (Å²) in [5, 5.41) is 3.45. The van der Waals surface area contributed by atoms with Crippen LogP contribution in [0.4, 0.5) is 17.5 Å². The number of nitrogens with zero attached hydrogens (tertiary/aromatic N) is 3. The summed E-state index contributed by atoms with van der Waals surface area (Å²) >= 11 is 0. The van der Waals surface area contributed by atoms with Crippen molar-refractivity contribution in [3.8, 4) is 0 Å². The molecule has 0 aliphatic rings. The fourth-order valence-electron chi connectivity index (χ4n) is 2.42. The molecule has 0 amide bonds.